The summed E-state index contributed by atoms with van der Waals surface area (Å²) >= 11 is 0. The first-order valence-electron chi connectivity index (χ1n) is 18.0. The van der Waals surface area contributed by atoms with E-state index < -0.39 is 5.82 Å². The predicted molar refractivity (Wildman–Crippen MR) is 193 cm³/mol. The zero-order chi connectivity index (χ0) is 36.3. The van der Waals surface area contributed by atoms with Crippen LogP contribution in [0.25, 0.3) is 0 Å². The number of fused-ring (bicyclic) bond motifs is 1. The molecule has 2 aliphatic heterocycles. The van der Waals surface area contributed by atoms with Gasteiger partial charge in [0.2, 0.25) is 5.91 Å². The molecule has 1 aromatic carbocycles. The van der Waals surface area contributed by atoms with Crippen molar-refractivity contribution in [3.05, 3.63) is 65.6 Å². The molecule has 1 saturated heterocycles. The zero-order valence-corrected chi connectivity index (χ0v) is 30.8. The molecule has 0 bridgehead atoms. The predicted octanol–water partition coefficient (Wildman–Crippen LogP) is 4.49. The van der Waals surface area contributed by atoms with Crippen molar-refractivity contribution in [3.8, 4) is 17.2 Å². The highest BCUT2D eigenvalue weighted by Gasteiger charge is 2.54. The maximum absolute atomic E-state index is 14.3. The molecule has 2 fully saturated rings. The summed E-state index contributed by atoms with van der Waals surface area (Å²) in [5.74, 6) is 1.61. The normalized spacial score (nSPS) is 16.8. The van der Waals surface area contributed by atoms with Crippen molar-refractivity contribution in [1.82, 2.24) is 34.6 Å². The van der Waals surface area contributed by atoms with Gasteiger partial charge in [0.15, 0.2) is 11.6 Å². The van der Waals surface area contributed by atoms with E-state index in [1.54, 1.807) is 30.1 Å². The van der Waals surface area contributed by atoms with Gasteiger partial charge in [-0.15, -0.1) is 0 Å². The Morgan fingerprint density at radius 3 is 2.59 bits per heavy atom. The van der Waals surface area contributed by atoms with Gasteiger partial charge in [-0.05, 0) is 84.4 Å². The van der Waals surface area contributed by atoms with Crippen LogP contribution in [0.1, 0.15) is 61.6 Å². The van der Waals surface area contributed by atoms with Crippen molar-refractivity contribution in [2.24, 2.45) is 5.41 Å². The second-order valence-electron chi connectivity index (χ2n) is 14.8. The summed E-state index contributed by atoms with van der Waals surface area (Å²) in [4.78, 5) is 48.8. The number of hydrogen-bond acceptors (Lipinski definition) is 10. The molecule has 4 heterocycles. The number of likely N-dealkylation sites (N-methyl/N-ethyl adjacent to an activating group) is 2. The van der Waals surface area contributed by atoms with Crippen LogP contribution in [0, 0.1) is 11.2 Å². The minimum atomic E-state index is -0.500. The first-order chi connectivity index (χ1) is 24.4. The van der Waals surface area contributed by atoms with E-state index >= 15 is 0 Å². The van der Waals surface area contributed by atoms with Crippen LogP contribution < -0.4 is 14.4 Å². The van der Waals surface area contributed by atoms with Crippen molar-refractivity contribution in [2.45, 2.75) is 65.1 Å². The molecule has 2 amide bonds. The molecule has 274 valence electrons. The van der Waals surface area contributed by atoms with E-state index in [1.165, 1.54) is 30.1 Å². The van der Waals surface area contributed by atoms with Crippen LogP contribution in [0.4, 0.5) is 10.2 Å². The van der Waals surface area contributed by atoms with Gasteiger partial charge < -0.3 is 24.2 Å². The van der Waals surface area contributed by atoms with Crippen LogP contribution in [-0.4, -0.2) is 125 Å². The summed E-state index contributed by atoms with van der Waals surface area (Å²) < 4.78 is 27.2. The molecule has 1 aliphatic carbocycles. The highest BCUT2D eigenvalue weighted by atomic mass is 19.1. The van der Waals surface area contributed by atoms with Gasteiger partial charge >= 0.3 is 0 Å². The second-order valence-corrected chi connectivity index (χ2v) is 14.8. The summed E-state index contributed by atoms with van der Waals surface area (Å²) in [5.41, 5.74) is 2.62. The van der Waals surface area contributed by atoms with Crippen molar-refractivity contribution in [2.75, 3.05) is 71.9 Å². The lowest BCUT2D eigenvalue weighted by molar-refractivity contribution is -0.129. The lowest BCUT2D eigenvalue weighted by atomic mass is 9.61. The zero-order valence-electron chi connectivity index (χ0n) is 30.8. The summed E-state index contributed by atoms with van der Waals surface area (Å²) in [6, 6.07) is 5.97. The standard InChI is InChI=1S/C38H51FN8O4/c1-7-47(26(2)3)37(49)29-17-27(39)9-10-32(29)51-34-20-40-25-42-36(34)46-23-38(24-46)18-28(19-38)50-33-11-13-41-31-12-16-45(21-30(31)33)15-8-14-44(6)22-35(48)43(4)5/h9-11,13,17,20,25-26,28H,7-8,12,14-16,18-19,21-24H2,1-6H3. The van der Waals surface area contributed by atoms with E-state index in [2.05, 4.69) is 29.7 Å². The van der Waals surface area contributed by atoms with Crippen LogP contribution in [0.15, 0.2) is 43.0 Å². The van der Waals surface area contributed by atoms with E-state index in [0.29, 0.717) is 24.7 Å². The van der Waals surface area contributed by atoms with Crippen molar-refractivity contribution >= 4 is 17.6 Å². The minimum Gasteiger partial charge on any atom is -0.490 e. The van der Waals surface area contributed by atoms with Gasteiger partial charge in [0.1, 0.15) is 29.7 Å². The Labute approximate surface area is 300 Å². The second kappa shape index (κ2) is 15.5. The smallest absolute Gasteiger partial charge is 0.257 e. The van der Waals surface area contributed by atoms with E-state index in [1.807, 2.05) is 40.1 Å². The van der Waals surface area contributed by atoms with Gasteiger partial charge in [-0.25, -0.2) is 14.4 Å². The number of aromatic nitrogens is 3. The Bertz CT molecular complexity index is 1710. The monoisotopic (exact) mass is 702 g/mol. The number of carbonyl (C=O) groups excluding carboxylic acids is 2. The van der Waals surface area contributed by atoms with Crippen LogP contribution in [0.5, 0.6) is 17.2 Å². The third-order valence-electron chi connectivity index (χ3n) is 10.3. The molecular weight excluding hydrogens is 651 g/mol. The molecule has 0 radical (unpaired) electrons. The Morgan fingerprint density at radius 2 is 1.86 bits per heavy atom. The number of hydrogen-bond donors (Lipinski definition) is 0. The maximum atomic E-state index is 14.3. The molecule has 51 heavy (non-hydrogen) atoms. The summed E-state index contributed by atoms with van der Waals surface area (Å²) in [6.07, 6.45) is 8.86. The molecule has 0 N–H and O–H groups in total. The summed E-state index contributed by atoms with van der Waals surface area (Å²) in [5, 5.41) is 0. The molecule has 1 spiro atoms. The van der Waals surface area contributed by atoms with Crippen molar-refractivity contribution in [3.63, 3.8) is 0 Å². The number of carbonyl (C=O) groups is 2. The van der Waals surface area contributed by atoms with Gasteiger partial charge in [0.25, 0.3) is 5.91 Å². The summed E-state index contributed by atoms with van der Waals surface area (Å²) in [7, 11) is 5.58. The Morgan fingerprint density at radius 1 is 1.08 bits per heavy atom. The van der Waals surface area contributed by atoms with Crippen LogP contribution >= 0.6 is 0 Å². The van der Waals surface area contributed by atoms with Gasteiger partial charge in [-0.1, -0.05) is 0 Å². The van der Waals surface area contributed by atoms with Gasteiger partial charge in [-0.3, -0.25) is 24.4 Å². The molecular formula is C38H51FN8O4. The maximum Gasteiger partial charge on any atom is 0.257 e. The number of ether oxygens (including phenoxy) is 2. The van der Waals surface area contributed by atoms with E-state index in [9.17, 15) is 14.0 Å². The quantitative estimate of drug-likeness (QED) is 0.239. The number of halogens is 1. The molecule has 12 nitrogen and oxygen atoms in total. The molecule has 13 heteroatoms. The molecule has 1 saturated carbocycles. The fourth-order valence-corrected chi connectivity index (χ4v) is 7.52. The van der Waals surface area contributed by atoms with Crippen LogP contribution in [0.3, 0.4) is 0 Å². The van der Waals surface area contributed by atoms with Crippen LogP contribution in [0.2, 0.25) is 0 Å². The first-order valence-corrected chi connectivity index (χ1v) is 18.0. The van der Waals surface area contributed by atoms with Gasteiger partial charge in [-0.2, -0.15) is 0 Å². The summed E-state index contributed by atoms with van der Waals surface area (Å²) in [6.45, 7) is 11.9. The minimum absolute atomic E-state index is 0.0455. The Hall–Kier alpha value is -4.36. The van der Waals surface area contributed by atoms with E-state index in [0.717, 1.165) is 76.4 Å². The van der Waals surface area contributed by atoms with E-state index in [4.69, 9.17) is 9.47 Å². The van der Waals surface area contributed by atoms with Crippen LogP contribution in [-0.2, 0) is 17.8 Å². The first kappa shape index (κ1) is 36.4. The topological polar surface area (TPSA) is 107 Å². The van der Waals surface area contributed by atoms with Crippen molar-refractivity contribution in [1.29, 1.82) is 0 Å². The highest BCUT2D eigenvalue weighted by molar-refractivity contribution is 5.97. The Kier molecular flexibility index (Phi) is 11.1. The number of anilines is 1. The molecule has 3 aromatic rings. The molecule has 3 aliphatic rings. The molecule has 2 aromatic heterocycles. The number of nitrogens with zero attached hydrogens (tertiary/aromatic N) is 8. The lowest BCUT2D eigenvalue weighted by Crippen LogP contribution is -2.65. The Balaban J connectivity index is 1.03. The third kappa shape index (κ3) is 8.25. The van der Waals surface area contributed by atoms with Gasteiger partial charge in [0, 0.05) is 82.2 Å². The van der Waals surface area contributed by atoms with Gasteiger partial charge in [0.05, 0.1) is 18.3 Å². The van der Waals surface area contributed by atoms with Crippen molar-refractivity contribution < 1.29 is 23.5 Å². The number of benzene rings is 1. The van der Waals surface area contributed by atoms with E-state index in [-0.39, 0.29) is 40.7 Å². The number of pyridine rings is 1. The molecule has 0 unspecified atom stereocenters. The fraction of sp³-hybridized carbons (Fsp3) is 0.553. The average Bonchev–Trinajstić information content (AvgIpc) is 3.06. The number of rotatable bonds is 14. The lowest BCUT2D eigenvalue weighted by Gasteiger charge is -2.59. The third-order valence-corrected chi connectivity index (χ3v) is 10.3. The largest absolute Gasteiger partial charge is 0.490 e. The molecule has 6 rings (SSSR count). The SMILES string of the molecule is CCN(C(=O)c1cc(F)ccc1Oc1cncnc1N1CC2(CC(Oc3ccnc4c3CN(CCCN(C)CC(=O)N(C)C)CC4)C2)C1)C(C)C. The average molecular weight is 703 g/mol. The fourth-order valence-electron chi connectivity index (χ4n) is 7.52. The highest BCUT2D eigenvalue weighted by Crippen LogP contribution is 2.52. The molecule has 0 atom stereocenters. The number of amides is 2.